The predicted molar refractivity (Wildman–Crippen MR) is 101 cm³/mol. The lowest BCUT2D eigenvalue weighted by atomic mass is 10.1. The summed E-state index contributed by atoms with van der Waals surface area (Å²) in [6.45, 7) is 5.65. The van der Waals surface area contributed by atoms with Gasteiger partial charge < -0.3 is 14.8 Å². The molecule has 0 heterocycles. The first-order chi connectivity index (χ1) is 11.6. The molecule has 24 heavy (non-hydrogen) atoms. The number of hydrogen-bond donors (Lipinski definition) is 1. The van der Waals surface area contributed by atoms with Gasteiger partial charge in [-0.1, -0.05) is 48.0 Å². The first-order valence-electron chi connectivity index (χ1n) is 7.69. The summed E-state index contributed by atoms with van der Waals surface area (Å²) in [6, 6.07) is 11.5. The van der Waals surface area contributed by atoms with Crippen molar-refractivity contribution in [2.24, 2.45) is 0 Å². The summed E-state index contributed by atoms with van der Waals surface area (Å²) in [5.41, 5.74) is 2.21. The van der Waals surface area contributed by atoms with Crippen LogP contribution in [0.25, 0.3) is 0 Å². The molecule has 0 aliphatic rings. The van der Waals surface area contributed by atoms with Gasteiger partial charge in [0.2, 0.25) is 0 Å². The molecule has 2 aromatic rings. The second-order valence-corrected chi connectivity index (χ2v) is 6.09. The van der Waals surface area contributed by atoms with E-state index in [-0.39, 0.29) is 0 Å². The van der Waals surface area contributed by atoms with E-state index in [1.54, 1.807) is 19.3 Å². The lowest BCUT2D eigenvalue weighted by Gasteiger charge is -2.12. The molecule has 2 aromatic carbocycles. The van der Waals surface area contributed by atoms with Gasteiger partial charge in [-0.2, -0.15) is 0 Å². The molecule has 0 radical (unpaired) electrons. The fraction of sp³-hybridized carbons (Fsp3) is 0.263. The van der Waals surface area contributed by atoms with Crippen molar-refractivity contribution >= 4 is 23.2 Å². The van der Waals surface area contributed by atoms with E-state index in [4.69, 9.17) is 32.7 Å². The maximum Gasteiger partial charge on any atom is 0.161 e. The average Bonchev–Trinajstić information content (AvgIpc) is 2.58. The summed E-state index contributed by atoms with van der Waals surface area (Å²) in [5, 5.41) is 4.76. The van der Waals surface area contributed by atoms with E-state index in [1.165, 1.54) is 0 Å². The number of hydrogen-bond acceptors (Lipinski definition) is 3. The van der Waals surface area contributed by atoms with E-state index in [0.29, 0.717) is 22.4 Å². The van der Waals surface area contributed by atoms with Crippen molar-refractivity contribution in [3.05, 3.63) is 70.2 Å². The van der Waals surface area contributed by atoms with E-state index < -0.39 is 0 Å². The Labute approximate surface area is 153 Å². The van der Waals surface area contributed by atoms with E-state index >= 15 is 0 Å². The lowest BCUT2D eigenvalue weighted by molar-refractivity contribution is 0.326. The molecule has 1 N–H and O–H groups in total. The Morgan fingerprint density at radius 3 is 2.67 bits per heavy atom. The van der Waals surface area contributed by atoms with Gasteiger partial charge in [0.05, 0.1) is 7.11 Å². The van der Waals surface area contributed by atoms with Gasteiger partial charge in [-0.05, 0) is 48.4 Å². The highest BCUT2D eigenvalue weighted by Crippen LogP contribution is 2.28. The van der Waals surface area contributed by atoms with Crippen molar-refractivity contribution in [1.82, 2.24) is 5.32 Å². The van der Waals surface area contributed by atoms with Gasteiger partial charge >= 0.3 is 0 Å². The van der Waals surface area contributed by atoms with Crippen LogP contribution in [-0.4, -0.2) is 20.3 Å². The monoisotopic (exact) mass is 365 g/mol. The van der Waals surface area contributed by atoms with Crippen LogP contribution in [0.5, 0.6) is 11.5 Å². The first kappa shape index (κ1) is 18.7. The van der Waals surface area contributed by atoms with Gasteiger partial charge in [-0.25, -0.2) is 0 Å². The predicted octanol–water partition coefficient (Wildman–Crippen LogP) is 4.90. The third-order valence-corrected chi connectivity index (χ3v) is 4.09. The third kappa shape index (κ3) is 5.45. The zero-order valence-corrected chi connectivity index (χ0v) is 15.2. The minimum absolute atomic E-state index is 0.454. The van der Waals surface area contributed by atoms with Crippen molar-refractivity contribution < 1.29 is 9.47 Å². The van der Waals surface area contributed by atoms with Crippen LogP contribution in [0.3, 0.4) is 0 Å². The van der Waals surface area contributed by atoms with Crippen LogP contribution >= 0.6 is 23.2 Å². The molecule has 0 bridgehead atoms. The maximum absolute atomic E-state index is 6.17. The molecule has 3 nitrogen and oxygen atoms in total. The van der Waals surface area contributed by atoms with Crippen LogP contribution in [0.2, 0.25) is 10.0 Å². The number of nitrogens with one attached hydrogen (secondary N) is 1. The molecule has 0 aliphatic carbocycles. The van der Waals surface area contributed by atoms with Crippen molar-refractivity contribution in [2.75, 3.05) is 20.3 Å². The Hall–Kier alpha value is -1.68. The Morgan fingerprint density at radius 2 is 1.96 bits per heavy atom. The largest absolute Gasteiger partial charge is 0.493 e. The molecular formula is C19H21Cl2NO2. The van der Waals surface area contributed by atoms with Crippen LogP contribution in [-0.2, 0) is 13.0 Å². The number of methoxy groups -OCH3 is 1. The molecule has 0 unspecified atom stereocenters. The van der Waals surface area contributed by atoms with Gasteiger partial charge in [-0.3, -0.25) is 0 Å². The van der Waals surface area contributed by atoms with Gasteiger partial charge in [0.15, 0.2) is 11.5 Å². The van der Waals surface area contributed by atoms with Gasteiger partial charge in [0, 0.05) is 16.6 Å². The van der Waals surface area contributed by atoms with Crippen LogP contribution in [0.1, 0.15) is 11.1 Å². The molecule has 0 saturated heterocycles. The van der Waals surface area contributed by atoms with Gasteiger partial charge in [0.25, 0.3) is 0 Å². The molecular weight excluding hydrogens is 345 g/mol. The van der Waals surface area contributed by atoms with E-state index in [0.717, 1.165) is 36.4 Å². The highest BCUT2D eigenvalue weighted by molar-refractivity contribution is 6.35. The van der Waals surface area contributed by atoms with E-state index in [9.17, 15) is 0 Å². The molecule has 0 atom stereocenters. The summed E-state index contributed by atoms with van der Waals surface area (Å²) in [4.78, 5) is 0. The minimum atomic E-state index is 0.454. The van der Waals surface area contributed by atoms with Crippen molar-refractivity contribution in [1.29, 1.82) is 0 Å². The lowest BCUT2D eigenvalue weighted by Crippen LogP contribution is -2.16. The van der Waals surface area contributed by atoms with E-state index in [2.05, 4.69) is 11.9 Å². The Balaban J connectivity index is 1.86. The van der Waals surface area contributed by atoms with Crippen molar-refractivity contribution in [3.63, 3.8) is 0 Å². The molecule has 0 saturated carbocycles. The highest BCUT2D eigenvalue weighted by Gasteiger charge is 2.06. The molecule has 0 spiro atoms. The third-order valence-electron chi connectivity index (χ3n) is 3.50. The van der Waals surface area contributed by atoms with Crippen LogP contribution in [0.15, 0.2) is 49.1 Å². The Bertz CT molecular complexity index is 689. The Morgan fingerprint density at radius 1 is 1.12 bits per heavy atom. The fourth-order valence-corrected chi connectivity index (χ4v) is 2.77. The zero-order valence-electron chi connectivity index (χ0n) is 13.6. The van der Waals surface area contributed by atoms with Crippen molar-refractivity contribution in [3.8, 4) is 11.5 Å². The number of halogens is 2. The normalized spacial score (nSPS) is 10.5. The molecule has 5 heteroatoms. The average molecular weight is 366 g/mol. The highest BCUT2D eigenvalue weighted by atomic mass is 35.5. The molecule has 128 valence electrons. The Kier molecular flexibility index (Phi) is 7.44. The van der Waals surface area contributed by atoms with Crippen molar-refractivity contribution in [2.45, 2.75) is 13.0 Å². The molecule has 2 rings (SSSR count). The number of ether oxygens (including phenoxy) is 2. The van der Waals surface area contributed by atoms with Gasteiger partial charge in [-0.15, -0.1) is 0 Å². The summed E-state index contributed by atoms with van der Waals surface area (Å²) in [7, 11) is 1.63. The summed E-state index contributed by atoms with van der Waals surface area (Å²) < 4.78 is 10.9. The zero-order chi connectivity index (χ0) is 17.4. The van der Waals surface area contributed by atoms with Crippen LogP contribution in [0, 0.1) is 0 Å². The summed E-state index contributed by atoms with van der Waals surface area (Å²) in [5.74, 6) is 1.44. The number of benzene rings is 2. The van der Waals surface area contributed by atoms with Gasteiger partial charge in [0.1, 0.15) is 6.61 Å². The van der Waals surface area contributed by atoms with Crippen LogP contribution in [0.4, 0.5) is 0 Å². The summed E-state index contributed by atoms with van der Waals surface area (Å²) in [6.07, 6.45) is 2.55. The quantitative estimate of drug-likeness (QED) is 0.506. The molecule has 0 fully saturated rings. The SMILES string of the molecule is C=CCOc1ccc(CNCCc2ccc(Cl)cc2Cl)cc1OC. The molecule has 0 aliphatic heterocycles. The van der Waals surface area contributed by atoms with E-state index in [1.807, 2.05) is 30.3 Å². The topological polar surface area (TPSA) is 30.5 Å². The fourth-order valence-electron chi connectivity index (χ4n) is 2.27. The standard InChI is InChI=1S/C19H21Cl2NO2/c1-3-10-24-18-7-4-14(11-19(18)23-2)13-22-9-8-15-5-6-16(20)12-17(15)21/h3-7,11-12,22H,1,8-10,13H2,2H3. The maximum atomic E-state index is 6.17. The number of rotatable bonds is 9. The first-order valence-corrected chi connectivity index (χ1v) is 8.45. The second kappa shape index (κ2) is 9.58. The van der Waals surface area contributed by atoms with Crippen LogP contribution < -0.4 is 14.8 Å². The molecule has 0 aromatic heterocycles. The smallest absolute Gasteiger partial charge is 0.161 e. The summed E-state index contributed by atoms with van der Waals surface area (Å²) >= 11 is 12.1. The minimum Gasteiger partial charge on any atom is -0.493 e. The second-order valence-electron chi connectivity index (χ2n) is 5.25. The molecule has 0 amide bonds.